The Kier molecular flexibility index (Phi) is 6.31. The summed E-state index contributed by atoms with van der Waals surface area (Å²) in [5.41, 5.74) is 7.08. The minimum absolute atomic E-state index is 0.817. The number of rotatable bonds is 5. The zero-order valence-electron chi connectivity index (χ0n) is 23.7. The van der Waals surface area contributed by atoms with E-state index in [-0.39, 0.29) is 0 Å². The van der Waals surface area contributed by atoms with Gasteiger partial charge in [-0.2, -0.15) is 0 Å². The molecule has 0 bridgehead atoms. The summed E-state index contributed by atoms with van der Waals surface area (Å²) in [5.74, 6) is 1.67. The van der Waals surface area contributed by atoms with E-state index in [4.69, 9.17) is 4.74 Å². The van der Waals surface area contributed by atoms with Gasteiger partial charge in [-0.05, 0) is 86.7 Å². The molecule has 0 amide bonds. The van der Waals surface area contributed by atoms with Gasteiger partial charge in [-0.25, -0.2) is 0 Å². The Bertz CT molecular complexity index is 2150. The molecule has 8 rings (SSSR count). The first-order valence-electron chi connectivity index (χ1n) is 14.9. The number of aromatic nitrogens is 1. The molecule has 7 aromatic rings. The van der Waals surface area contributed by atoms with Gasteiger partial charge in [0.25, 0.3) is 0 Å². The number of hydrogen-bond donors (Lipinski definition) is 0. The van der Waals surface area contributed by atoms with E-state index >= 15 is 0 Å². The largest absolute Gasteiger partial charge is 0.456 e. The van der Waals surface area contributed by atoms with Crippen molar-refractivity contribution in [1.82, 2.24) is 4.98 Å². The smallest absolute Gasteiger partial charge is 0.143 e. The molecule has 0 saturated carbocycles. The molecular formula is C41H29NO. The molecule has 0 aliphatic heterocycles. The quantitative estimate of drug-likeness (QED) is 0.199. The van der Waals surface area contributed by atoms with E-state index in [9.17, 15) is 0 Å². The normalized spacial score (nSPS) is 13.0. The van der Waals surface area contributed by atoms with Gasteiger partial charge in [0.1, 0.15) is 11.5 Å². The molecule has 204 valence electrons. The molecule has 0 fully saturated rings. The lowest BCUT2D eigenvalue weighted by Gasteiger charge is -2.19. The number of allylic oxidation sites excluding steroid dienone is 4. The first-order valence-corrected chi connectivity index (χ1v) is 14.9. The summed E-state index contributed by atoms with van der Waals surface area (Å²) in [6.07, 6.45) is 12.8. The van der Waals surface area contributed by atoms with Crippen molar-refractivity contribution in [1.29, 1.82) is 0 Å². The SMILES string of the molecule is C1=CC(c2cc(Oc3c4ccccc4c(-c4cccc5ccccc45)c4cnccc34)cc(-c3ccccc3)c2)=CCC1. The predicted molar refractivity (Wildman–Crippen MR) is 180 cm³/mol. The van der Waals surface area contributed by atoms with Crippen LogP contribution in [0.2, 0.25) is 0 Å². The summed E-state index contributed by atoms with van der Waals surface area (Å²) in [6.45, 7) is 0. The predicted octanol–water partition coefficient (Wildman–Crippen LogP) is 11.4. The van der Waals surface area contributed by atoms with Crippen molar-refractivity contribution in [2.75, 3.05) is 0 Å². The molecule has 1 aliphatic carbocycles. The first kappa shape index (κ1) is 25.3. The molecule has 0 N–H and O–H groups in total. The topological polar surface area (TPSA) is 22.1 Å². The van der Waals surface area contributed by atoms with Gasteiger partial charge in [-0.15, -0.1) is 0 Å². The summed E-state index contributed by atoms with van der Waals surface area (Å²) >= 11 is 0. The highest BCUT2D eigenvalue weighted by Gasteiger charge is 2.19. The van der Waals surface area contributed by atoms with Crippen LogP contribution in [0.3, 0.4) is 0 Å². The van der Waals surface area contributed by atoms with E-state index in [1.54, 1.807) is 0 Å². The second-order valence-corrected chi connectivity index (χ2v) is 11.1. The average Bonchev–Trinajstić information content (AvgIpc) is 3.09. The highest BCUT2D eigenvalue weighted by Crippen LogP contribution is 2.46. The number of benzene rings is 6. The molecule has 0 unspecified atom stereocenters. The summed E-state index contributed by atoms with van der Waals surface area (Å²) < 4.78 is 7.00. The fourth-order valence-electron chi connectivity index (χ4n) is 6.39. The lowest BCUT2D eigenvalue weighted by Crippen LogP contribution is -1.95. The monoisotopic (exact) mass is 551 g/mol. The maximum absolute atomic E-state index is 7.00. The number of ether oxygens (including phenoxy) is 1. The standard InChI is InChI=1S/C41H29NO/c1-3-12-28(13-4-1)31-24-32(29-14-5-2-6-15-29)26-33(25-31)43-41-37-20-10-9-19-36(37)40(39-27-42-23-22-38(39)41)35-21-11-17-30-16-7-8-18-34(30)35/h1,3-5,7-27H,2,6H2. The number of nitrogens with zero attached hydrogens (tertiary/aromatic N) is 1. The maximum Gasteiger partial charge on any atom is 0.143 e. The van der Waals surface area contributed by atoms with Crippen LogP contribution in [-0.2, 0) is 0 Å². The minimum Gasteiger partial charge on any atom is -0.456 e. The Hall–Kier alpha value is -5.47. The number of pyridine rings is 1. The molecule has 0 atom stereocenters. The van der Waals surface area contributed by atoms with Gasteiger partial charge < -0.3 is 4.74 Å². The molecule has 0 saturated heterocycles. The van der Waals surface area contributed by atoms with E-state index in [1.807, 2.05) is 12.4 Å². The van der Waals surface area contributed by atoms with Crippen LogP contribution in [0, 0.1) is 0 Å². The molecule has 0 radical (unpaired) electrons. The Labute approximate surface area is 251 Å². The minimum atomic E-state index is 0.817. The second-order valence-electron chi connectivity index (χ2n) is 11.1. The Morgan fingerprint density at radius 1 is 0.558 bits per heavy atom. The molecule has 1 heterocycles. The van der Waals surface area contributed by atoms with Crippen molar-refractivity contribution in [3.8, 4) is 33.8 Å². The van der Waals surface area contributed by atoms with Gasteiger partial charge in [0, 0.05) is 28.6 Å². The molecule has 2 nitrogen and oxygen atoms in total. The van der Waals surface area contributed by atoms with Gasteiger partial charge in [0.15, 0.2) is 0 Å². The molecule has 0 spiro atoms. The van der Waals surface area contributed by atoms with Crippen LogP contribution in [-0.4, -0.2) is 4.98 Å². The molecule has 1 aromatic heterocycles. The van der Waals surface area contributed by atoms with Crippen LogP contribution in [0.15, 0.2) is 152 Å². The average molecular weight is 552 g/mol. The van der Waals surface area contributed by atoms with Gasteiger partial charge in [-0.3, -0.25) is 4.98 Å². The molecule has 43 heavy (non-hydrogen) atoms. The van der Waals surface area contributed by atoms with Gasteiger partial charge in [-0.1, -0.05) is 115 Å². The molecule has 2 heteroatoms. The lowest BCUT2D eigenvalue weighted by atomic mass is 9.89. The summed E-state index contributed by atoms with van der Waals surface area (Å²) in [4.78, 5) is 4.59. The van der Waals surface area contributed by atoms with Crippen LogP contribution in [0.5, 0.6) is 11.5 Å². The zero-order chi connectivity index (χ0) is 28.6. The van der Waals surface area contributed by atoms with Crippen molar-refractivity contribution < 1.29 is 4.74 Å². The van der Waals surface area contributed by atoms with Crippen LogP contribution in [0.1, 0.15) is 18.4 Å². The highest BCUT2D eigenvalue weighted by molar-refractivity contribution is 6.19. The van der Waals surface area contributed by atoms with E-state index in [1.165, 1.54) is 33.0 Å². The third kappa shape index (κ3) is 4.58. The van der Waals surface area contributed by atoms with Crippen molar-refractivity contribution in [2.24, 2.45) is 0 Å². The van der Waals surface area contributed by atoms with Crippen LogP contribution < -0.4 is 4.74 Å². The van der Waals surface area contributed by atoms with E-state index in [2.05, 4.69) is 145 Å². The maximum atomic E-state index is 7.00. The summed E-state index contributed by atoms with van der Waals surface area (Å²) in [5, 5.41) is 6.78. The second kappa shape index (κ2) is 10.7. The van der Waals surface area contributed by atoms with Gasteiger partial charge in [0.05, 0.1) is 0 Å². The van der Waals surface area contributed by atoms with Crippen LogP contribution in [0.25, 0.3) is 60.1 Å². The van der Waals surface area contributed by atoms with Crippen molar-refractivity contribution in [2.45, 2.75) is 12.8 Å². The molecule has 6 aromatic carbocycles. The van der Waals surface area contributed by atoms with E-state index < -0.39 is 0 Å². The number of fused-ring (bicyclic) bond motifs is 3. The highest BCUT2D eigenvalue weighted by atomic mass is 16.5. The van der Waals surface area contributed by atoms with Gasteiger partial charge in [0.2, 0.25) is 0 Å². The van der Waals surface area contributed by atoms with Crippen molar-refractivity contribution in [3.63, 3.8) is 0 Å². The Morgan fingerprint density at radius 2 is 1.30 bits per heavy atom. The van der Waals surface area contributed by atoms with Crippen molar-refractivity contribution in [3.05, 3.63) is 158 Å². The third-order valence-electron chi connectivity index (χ3n) is 8.40. The Balaban J connectivity index is 1.37. The van der Waals surface area contributed by atoms with Crippen molar-refractivity contribution >= 4 is 37.9 Å². The lowest BCUT2D eigenvalue weighted by molar-refractivity contribution is 0.494. The number of hydrogen-bond acceptors (Lipinski definition) is 2. The van der Waals surface area contributed by atoms with E-state index in [0.29, 0.717) is 0 Å². The Morgan fingerprint density at radius 3 is 2.16 bits per heavy atom. The summed E-state index contributed by atoms with van der Waals surface area (Å²) in [7, 11) is 0. The van der Waals surface area contributed by atoms with Crippen LogP contribution >= 0.6 is 0 Å². The molecule has 1 aliphatic rings. The summed E-state index contributed by atoms with van der Waals surface area (Å²) in [6, 6.07) is 42.9. The third-order valence-corrected chi connectivity index (χ3v) is 8.40. The molecular weight excluding hydrogens is 522 g/mol. The van der Waals surface area contributed by atoms with Gasteiger partial charge >= 0.3 is 0 Å². The fourth-order valence-corrected chi connectivity index (χ4v) is 6.39. The fraction of sp³-hybridized carbons (Fsp3) is 0.0488. The van der Waals surface area contributed by atoms with Crippen LogP contribution in [0.4, 0.5) is 0 Å². The van der Waals surface area contributed by atoms with E-state index in [0.717, 1.165) is 57.0 Å². The zero-order valence-corrected chi connectivity index (χ0v) is 23.7. The first-order chi connectivity index (χ1) is 21.3.